The average Bonchev–Trinajstić information content (AvgIpc) is 2.95. The normalized spacial score (nSPS) is 11.3. The quantitative estimate of drug-likeness (QED) is 0.341. The van der Waals surface area contributed by atoms with Crippen molar-refractivity contribution in [3.05, 3.63) is 28.0 Å². The highest BCUT2D eigenvalue weighted by Crippen LogP contribution is 2.20. The van der Waals surface area contributed by atoms with Crippen molar-refractivity contribution >= 4 is 23.4 Å². The Bertz CT molecular complexity index is 434. The van der Waals surface area contributed by atoms with E-state index in [4.69, 9.17) is 5.11 Å². The number of carboxylic acid groups (broad SMARTS) is 1. The second kappa shape index (κ2) is 12.5. The van der Waals surface area contributed by atoms with Gasteiger partial charge in [0.2, 0.25) is 0 Å². The van der Waals surface area contributed by atoms with E-state index >= 15 is 0 Å². The van der Waals surface area contributed by atoms with Crippen molar-refractivity contribution in [3.63, 3.8) is 0 Å². The van der Waals surface area contributed by atoms with E-state index in [-0.39, 0.29) is 0 Å². The molecule has 0 fully saturated rings. The Morgan fingerprint density at radius 2 is 1.59 bits per heavy atom. The average molecular weight is 323 g/mol. The monoisotopic (exact) mass is 322 g/mol. The summed E-state index contributed by atoms with van der Waals surface area (Å²) >= 11 is 1.70. The fraction of sp³-hybridized carbons (Fsp3) is 0.632. The van der Waals surface area contributed by atoms with Gasteiger partial charge in [-0.1, -0.05) is 64.7 Å². The highest BCUT2D eigenvalue weighted by molar-refractivity contribution is 7.12. The number of unbranched alkanes of at least 4 members (excludes halogenated alkanes) is 9. The molecule has 1 aromatic rings. The standard InChI is InChI=1S/C19H30O2S/c1-2-3-4-5-6-7-8-9-10-11-12-17-13-14-18(22-17)15-16-19(20)21/h13-16H,2-12H2,1H3,(H,20,21). The van der Waals surface area contributed by atoms with Crippen molar-refractivity contribution in [2.75, 3.05) is 0 Å². The summed E-state index contributed by atoms with van der Waals surface area (Å²) in [4.78, 5) is 12.9. The molecule has 3 heteroatoms. The molecule has 1 aromatic heterocycles. The maximum absolute atomic E-state index is 10.5. The lowest BCUT2D eigenvalue weighted by Gasteiger charge is -2.01. The van der Waals surface area contributed by atoms with Crippen molar-refractivity contribution in [1.82, 2.24) is 0 Å². The molecule has 0 amide bonds. The summed E-state index contributed by atoms with van der Waals surface area (Å²) in [6.07, 6.45) is 17.6. The van der Waals surface area contributed by atoms with E-state index < -0.39 is 5.97 Å². The van der Waals surface area contributed by atoms with Gasteiger partial charge in [-0.3, -0.25) is 0 Å². The first kappa shape index (κ1) is 19.0. The van der Waals surface area contributed by atoms with Crippen LogP contribution in [0.4, 0.5) is 0 Å². The summed E-state index contributed by atoms with van der Waals surface area (Å²) in [5.74, 6) is -0.885. The molecule has 0 saturated carbocycles. The predicted octanol–water partition coefficient (Wildman–Crippen LogP) is 6.31. The van der Waals surface area contributed by atoms with Crippen LogP contribution in [0.15, 0.2) is 18.2 Å². The Hall–Kier alpha value is -1.09. The van der Waals surface area contributed by atoms with Crippen LogP contribution < -0.4 is 0 Å². The Morgan fingerprint density at radius 1 is 1.00 bits per heavy atom. The Kier molecular flexibility index (Phi) is 10.7. The molecular weight excluding hydrogens is 292 g/mol. The number of hydrogen-bond acceptors (Lipinski definition) is 2. The van der Waals surface area contributed by atoms with Gasteiger partial charge in [0.1, 0.15) is 0 Å². The number of rotatable bonds is 13. The highest BCUT2D eigenvalue weighted by Gasteiger charge is 1.99. The molecule has 0 aliphatic carbocycles. The van der Waals surface area contributed by atoms with Gasteiger partial charge in [-0.25, -0.2) is 4.79 Å². The number of thiophene rings is 1. The molecule has 0 atom stereocenters. The lowest BCUT2D eigenvalue weighted by molar-refractivity contribution is -0.131. The maximum Gasteiger partial charge on any atom is 0.328 e. The molecule has 0 saturated heterocycles. The van der Waals surface area contributed by atoms with Crippen LogP contribution >= 0.6 is 11.3 Å². The van der Waals surface area contributed by atoms with E-state index in [1.54, 1.807) is 17.4 Å². The van der Waals surface area contributed by atoms with Gasteiger partial charge in [-0.05, 0) is 31.1 Å². The van der Waals surface area contributed by atoms with Crippen LogP contribution in [-0.2, 0) is 11.2 Å². The fourth-order valence-corrected chi connectivity index (χ4v) is 3.52. The third kappa shape index (κ3) is 9.78. The zero-order chi connectivity index (χ0) is 16.0. The molecule has 0 bridgehead atoms. The van der Waals surface area contributed by atoms with Gasteiger partial charge in [0.05, 0.1) is 0 Å². The molecule has 1 heterocycles. The largest absolute Gasteiger partial charge is 0.478 e. The van der Waals surface area contributed by atoms with Gasteiger partial charge in [-0.15, -0.1) is 11.3 Å². The number of hydrogen-bond donors (Lipinski definition) is 1. The Morgan fingerprint density at radius 3 is 2.18 bits per heavy atom. The molecule has 0 spiro atoms. The van der Waals surface area contributed by atoms with E-state index in [2.05, 4.69) is 13.0 Å². The SMILES string of the molecule is CCCCCCCCCCCCc1ccc(C=CC(=O)O)s1. The van der Waals surface area contributed by atoms with Gasteiger partial charge in [0, 0.05) is 15.8 Å². The van der Waals surface area contributed by atoms with Crippen molar-refractivity contribution in [1.29, 1.82) is 0 Å². The molecule has 0 aromatic carbocycles. The van der Waals surface area contributed by atoms with Gasteiger partial charge < -0.3 is 5.11 Å². The van der Waals surface area contributed by atoms with Gasteiger partial charge in [0.25, 0.3) is 0 Å². The van der Waals surface area contributed by atoms with Crippen LogP contribution in [0.2, 0.25) is 0 Å². The van der Waals surface area contributed by atoms with E-state index in [1.165, 1.54) is 75.2 Å². The minimum Gasteiger partial charge on any atom is -0.478 e. The molecule has 1 N–H and O–H groups in total. The highest BCUT2D eigenvalue weighted by atomic mass is 32.1. The second-order valence-electron chi connectivity index (χ2n) is 5.91. The topological polar surface area (TPSA) is 37.3 Å². The first-order valence-electron chi connectivity index (χ1n) is 8.72. The summed E-state index contributed by atoms with van der Waals surface area (Å²) in [6.45, 7) is 2.26. The van der Waals surface area contributed by atoms with E-state index in [0.717, 1.165) is 11.3 Å². The Labute approximate surface area is 139 Å². The number of carbonyl (C=O) groups is 1. The van der Waals surface area contributed by atoms with Crippen LogP contribution in [0.3, 0.4) is 0 Å². The molecule has 0 radical (unpaired) electrons. The molecule has 0 aliphatic rings. The summed E-state index contributed by atoms with van der Waals surface area (Å²) in [7, 11) is 0. The van der Waals surface area contributed by atoms with E-state index in [0.29, 0.717) is 0 Å². The van der Waals surface area contributed by atoms with Crippen molar-refractivity contribution in [2.24, 2.45) is 0 Å². The van der Waals surface area contributed by atoms with Gasteiger partial charge >= 0.3 is 5.97 Å². The fourth-order valence-electron chi connectivity index (χ4n) is 2.56. The summed E-state index contributed by atoms with van der Waals surface area (Å²) in [5.41, 5.74) is 0. The first-order valence-corrected chi connectivity index (χ1v) is 9.53. The van der Waals surface area contributed by atoms with E-state index in [1.807, 2.05) is 6.07 Å². The maximum atomic E-state index is 10.5. The summed E-state index contributed by atoms with van der Waals surface area (Å²) < 4.78 is 0. The minimum atomic E-state index is -0.885. The van der Waals surface area contributed by atoms with Crippen LogP contribution in [0.1, 0.15) is 80.9 Å². The lowest BCUT2D eigenvalue weighted by Crippen LogP contribution is -1.84. The number of carboxylic acids is 1. The minimum absolute atomic E-state index is 0.885. The molecule has 2 nitrogen and oxygen atoms in total. The van der Waals surface area contributed by atoms with Crippen LogP contribution in [0.5, 0.6) is 0 Å². The molecule has 0 aliphatic heterocycles. The Balaban J connectivity index is 2.00. The van der Waals surface area contributed by atoms with Crippen LogP contribution in [-0.4, -0.2) is 11.1 Å². The second-order valence-corrected chi connectivity index (χ2v) is 7.11. The number of aliphatic carboxylic acids is 1. The molecule has 22 heavy (non-hydrogen) atoms. The smallest absolute Gasteiger partial charge is 0.328 e. The predicted molar refractivity (Wildman–Crippen MR) is 96.5 cm³/mol. The first-order chi connectivity index (χ1) is 10.7. The van der Waals surface area contributed by atoms with Gasteiger partial charge in [0.15, 0.2) is 0 Å². The zero-order valence-corrected chi connectivity index (χ0v) is 14.7. The molecule has 0 unspecified atom stereocenters. The van der Waals surface area contributed by atoms with E-state index in [9.17, 15) is 4.79 Å². The number of aryl methyl sites for hydroxylation is 1. The van der Waals surface area contributed by atoms with Crippen molar-refractivity contribution in [3.8, 4) is 0 Å². The summed E-state index contributed by atoms with van der Waals surface area (Å²) in [6, 6.07) is 4.13. The third-order valence-electron chi connectivity index (χ3n) is 3.85. The molecular formula is C19H30O2S. The van der Waals surface area contributed by atoms with Crippen molar-refractivity contribution < 1.29 is 9.90 Å². The van der Waals surface area contributed by atoms with Crippen LogP contribution in [0, 0.1) is 0 Å². The lowest BCUT2D eigenvalue weighted by atomic mass is 10.1. The molecule has 1 rings (SSSR count). The zero-order valence-electron chi connectivity index (χ0n) is 13.9. The summed E-state index contributed by atoms with van der Waals surface area (Å²) in [5, 5.41) is 8.60. The van der Waals surface area contributed by atoms with Crippen LogP contribution in [0.25, 0.3) is 6.08 Å². The molecule has 124 valence electrons. The third-order valence-corrected chi connectivity index (χ3v) is 4.96. The van der Waals surface area contributed by atoms with Gasteiger partial charge in [-0.2, -0.15) is 0 Å². The van der Waals surface area contributed by atoms with Crippen molar-refractivity contribution in [2.45, 2.75) is 77.6 Å².